The molecule has 1 saturated carbocycles. The standard InChI is InChI=1S/C14H20N2O2/c15-11-7-3-1-2-6-10(11)14(18)16-12-8-4-5-9-13(12)17/h4-5,8-11,17H,1-3,6-7,15H2,(H,16,18). The highest BCUT2D eigenvalue weighted by Crippen LogP contribution is 2.26. The van der Waals surface area contributed by atoms with Gasteiger partial charge in [-0.3, -0.25) is 4.79 Å². The molecular formula is C14H20N2O2. The number of benzene rings is 1. The second kappa shape index (κ2) is 5.87. The molecule has 18 heavy (non-hydrogen) atoms. The summed E-state index contributed by atoms with van der Waals surface area (Å²) in [5, 5.41) is 12.4. The van der Waals surface area contributed by atoms with Crippen molar-refractivity contribution >= 4 is 11.6 Å². The van der Waals surface area contributed by atoms with E-state index >= 15 is 0 Å². The number of amides is 1. The van der Waals surface area contributed by atoms with Crippen molar-refractivity contribution < 1.29 is 9.90 Å². The van der Waals surface area contributed by atoms with E-state index in [2.05, 4.69) is 5.32 Å². The molecule has 4 nitrogen and oxygen atoms in total. The summed E-state index contributed by atoms with van der Waals surface area (Å²) in [7, 11) is 0. The predicted octanol–water partition coefficient (Wildman–Crippen LogP) is 2.24. The molecule has 0 spiro atoms. The topological polar surface area (TPSA) is 75.4 Å². The van der Waals surface area contributed by atoms with Crippen LogP contribution in [-0.2, 0) is 4.79 Å². The Morgan fingerprint density at radius 2 is 1.94 bits per heavy atom. The third-order valence-electron chi connectivity index (χ3n) is 3.57. The Hall–Kier alpha value is -1.55. The second-order valence-corrected chi connectivity index (χ2v) is 4.91. The number of para-hydroxylation sites is 2. The molecule has 0 aromatic heterocycles. The predicted molar refractivity (Wildman–Crippen MR) is 71.3 cm³/mol. The van der Waals surface area contributed by atoms with E-state index in [-0.39, 0.29) is 23.6 Å². The van der Waals surface area contributed by atoms with Crippen LogP contribution in [-0.4, -0.2) is 17.1 Å². The SMILES string of the molecule is NC1CCCCCC1C(=O)Nc1ccccc1O. The van der Waals surface area contributed by atoms with Crippen LogP contribution in [0.3, 0.4) is 0 Å². The average Bonchev–Trinajstić information content (AvgIpc) is 2.57. The van der Waals surface area contributed by atoms with Crippen LogP contribution in [0.15, 0.2) is 24.3 Å². The lowest BCUT2D eigenvalue weighted by molar-refractivity contribution is -0.120. The number of anilines is 1. The van der Waals surface area contributed by atoms with Crippen LogP contribution in [0, 0.1) is 5.92 Å². The highest BCUT2D eigenvalue weighted by Gasteiger charge is 2.27. The number of hydrogen-bond donors (Lipinski definition) is 3. The molecule has 0 aliphatic heterocycles. The average molecular weight is 248 g/mol. The van der Waals surface area contributed by atoms with Gasteiger partial charge in [-0.1, -0.05) is 31.4 Å². The lowest BCUT2D eigenvalue weighted by Crippen LogP contribution is -2.37. The summed E-state index contributed by atoms with van der Waals surface area (Å²) in [5.41, 5.74) is 6.51. The molecule has 1 aliphatic carbocycles. The number of carbonyl (C=O) groups excluding carboxylic acids is 1. The van der Waals surface area contributed by atoms with E-state index in [1.165, 1.54) is 0 Å². The molecule has 2 unspecified atom stereocenters. The first-order valence-corrected chi connectivity index (χ1v) is 6.53. The second-order valence-electron chi connectivity index (χ2n) is 4.91. The summed E-state index contributed by atoms with van der Waals surface area (Å²) in [6.07, 6.45) is 5.03. The molecule has 0 radical (unpaired) electrons. The van der Waals surface area contributed by atoms with Crippen molar-refractivity contribution in [1.82, 2.24) is 0 Å². The molecule has 98 valence electrons. The number of nitrogens with two attached hydrogens (primary N) is 1. The molecule has 2 atom stereocenters. The van der Waals surface area contributed by atoms with Gasteiger partial charge in [-0.25, -0.2) is 0 Å². The number of hydrogen-bond acceptors (Lipinski definition) is 3. The van der Waals surface area contributed by atoms with Crippen LogP contribution in [0.5, 0.6) is 5.75 Å². The van der Waals surface area contributed by atoms with Gasteiger partial charge in [0.2, 0.25) is 5.91 Å². The monoisotopic (exact) mass is 248 g/mol. The number of phenols is 1. The van der Waals surface area contributed by atoms with E-state index in [0.717, 1.165) is 32.1 Å². The third-order valence-corrected chi connectivity index (χ3v) is 3.57. The van der Waals surface area contributed by atoms with Gasteiger partial charge in [-0.2, -0.15) is 0 Å². The zero-order chi connectivity index (χ0) is 13.0. The maximum Gasteiger partial charge on any atom is 0.229 e. The normalized spacial score (nSPS) is 24.3. The fraction of sp³-hybridized carbons (Fsp3) is 0.500. The van der Waals surface area contributed by atoms with Crippen LogP contribution in [0.1, 0.15) is 32.1 Å². The van der Waals surface area contributed by atoms with Gasteiger partial charge in [0.05, 0.1) is 11.6 Å². The van der Waals surface area contributed by atoms with E-state index in [9.17, 15) is 9.90 Å². The van der Waals surface area contributed by atoms with Crippen molar-refractivity contribution in [2.75, 3.05) is 5.32 Å². The summed E-state index contributed by atoms with van der Waals surface area (Å²) in [4.78, 5) is 12.2. The molecule has 0 saturated heterocycles. The summed E-state index contributed by atoms with van der Waals surface area (Å²) in [6, 6.07) is 6.68. The quantitative estimate of drug-likeness (QED) is 0.555. The molecule has 2 rings (SSSR count). The van der Waals surface area contributed by atoms with Crippen LogP contribution < -0.4 is 11.1 Å². The molecule has 1 fully saturated rings. The molecule has 1 aromatic carbocycles. The van der Waals surface area contributed by atoms with Crippen LogP contribution in [0.4, 0.5) is 5.69 Å². The van der Waals surface area contributed by atoms with E-state index in [1.54, 1.807) is 24.3 Å². The van der Waals surface area contributed by atoms with Crippen molar-refractivity contribution in [3.63, 3.8) is 0 Å². The fourth-order valence-corrected chi connectivity index (χ4v) is 2.47. The zero-order valence-electron chi connectivity index (χ0n) is 10.4. The number of carbonyl (C=O) groups is 1. The number of phenolic OH excluding ortho intramolecular Hbond substituents is 1. The Bertz CT molecular complexity index is 420. The smallest absolute Gasteiger partial charge is 0.229 e. The first kappa shape index (κ1) is 12.9. The highest BCUT2D eigenvalue weighted by atomic mass is 16.3. The molecule has 0 bridgehead atoms. The van der Waals surface area contributed by atoms with E-state index in [0.29, 0.717) is 5.69 Å². The summed E-state index contributed by atoms with van der Waals surface area (Å²) in [5.74, 6) is -0.133. The van der Waals surface area contributed by atoms with Crippen molar-refractivity contribution in [2.45, 2.75) is 38.1 Å². The van der Waals surface area contributed by atoms with Gasteiger partial charge in [0.1, 0.15) is 5.75 Å². The van der Waals surface area contributed by atoms with Crippen molar-refractivity contribution in [2.24, 2.45) is 11.7 Å². The van der Waals surface area contributed by atoms with E-state index in [4.69, 9.17) is 5.73 Å². The largest absolute Gasteiger partial charge is 0.506 e. The van der Waals surface area contributed by atoms with Gasteiger partial charge < -0.3 is 16.2 Å². The van der Waals surface area contributed by atoms with Crippen molar-refractivity contribution in [3.8, 4) is 5.75 Å². The number of aromatic hydroxyl groups is 1. The van der Waals surface area contributed by atoms with E-state index < -0.39 is 0 Å². The minimum absolute atomic E-state index is 0.0710. The van der Waals surface area contributed by atoms with Gasteiger partial charge in [0.25, 0.3) is 0 Å². The summed E-state index contributed by atoms with van der Waals surface area (Å²) < 4.78 is 0. The summed E-state index contributed by atoms with van der Waals surface area (Å²) in [6.45, 7) is 0. The minimum Gasteiger partial charge on any atom is -0.506 e. The van der Waals surface area contributed by atoms with Gasteiger partial charge in [0, 0.05) is 6.04 Å². The van der Waals surface area contributed by atoms with E-state index in [1.807, 2.05) is 0 Å². The van der Waals surface area contributed by atoms with Crippen LogP contribution in [0.2, 0.25) is 0 Å². The van der Waals surface area contributed by atoms with Gasteiger partial charge >= 0.3 is 0 Å². The number of rotatable bonds is 2. The van der Waals surface area contributed by atoms with Gasteiger partial charge in [0.15, 0.2) is 0 Å². The highest BCUT2D eigenvalue weighted by molar-refractivity contribution is 5.94. The minimum atomic E-state index is -0.146. The third kappa shape index (κ3) is 3.01. The molecule has 1 amide bonds. The lowest BCUT2D eigenvalue weighted by atomic mass is 9.94. The lowest BCUT2D eigenvalue weighted by Gasteiger charge is -2.20. The van der Waals surface area contributed by atoms with Crippen LogP contribution >= 0.6 is 0 Å². The number of nitrogens with one attached hydrogen (secondary N) is 1. The molecule has 4 heteroatoms. The Balaban J connectivity index is 2.04. The first-order valence-electron chi connectivity index (χ1n) is 6.53. The Morgan fingerprint density at radius 1 is 1.22 bits per heavy atom. The maximum atomic E-state index is 12.2. The van der Waals surface area contributed by atoms with Gasteiger partial charge in [-0.05, 0) is 25.0 Å². The first-order chi connectivity index (χ1) is 8.68. The zero-order valence-corrected chi connectivity index (χ0v) is 10.4. The van der Waals surface area contributed by atoms with Crippen LogP contribution in [0.25, 0.3) is 0 Å². The maximum absolute atomic E-state index is 12.2. The molecule has 1 aromatic rings. The van der Waals surface area contributed by atoms with Gasteiger partial charge in [-0.15, -0.1) is 0 Å². The molecule has 4 N–H and O–H groups in total. The molecular weight excluding hydrogens is 228 g/mol. The fourth-order valence-electron chi connectivity index (χ4n) is 2.47. The Morgan fingerprint density at radius 3 is 2.72 bits per heavy atom. The Labute approximate surface area is 107 Å². The summed E-state index contributed by atoms with van der Waals surface area (Å²) >= 11 is 0. The molecule has 0 heterocycles. The molecule has 1 aliphatic rings. The van der Waals surface area contributed by atoms with Crippen molar-refractivity contribution in [1.29, 1.82) is 0 Å². The Kier molecular flexibility index (Phi) is 4.20. The van der Waals surface area contributed by atoms with Crippen molar-refractivity contribution in [3.05, 3.63) is 24.3 Å².